The fourth-order valence-corrected chi connectivity index (χ4v) is 1.91. The van der Waals surface area contributed by atoms with E-state index in [1.165, 1.54) is 0 Å². The van der Waals surface area contributed by atoms with E-state index in [0.717, 1.165) is 25.7 Å². The van der Waals surface area contributed by atoms with Crippen molar-refractivity contribution in [2.75, 3.05) is 0 Å². The van der Waals surface area contributed by atoms with Crippen LogP contribution in [-0.2, 0) is 0 Å². The topological polar surface area (TPSA) is 44.0 Å². The van der Waals surface area contributed by atoms with Gasteiger partial charge in [0.15, 0.2) is 0 Å². The maximum Gasteiger partial charge on any atom is 0.0659 e. The second-order valence-corrected chi connectivity index (χ2v) is 3.31. The SMILES string of the molecule is CCC(O)C1CCCC1C#N. The van der Waals surface area contributed by atoms with Crippen LogP contribution in [0.25, 0.3) is 0 Å². The Labute approximate surface area is 67.8 Å². The molecule has 1 rings (SSSR count). The highest BCUT2D eigenvalue weighted by molar-refractivity contribution is 4.94. The highest BCUT2D eigenvalue weighted by Crippen LogP contribution is 2.34. The van der Waals surface area contributed by atoms with Crippen LogP contribution in [0.15, 0.2) is 0 Å². The van der Waals surface area contributed by atoms with Gasteiger partial charge in [0.05, 0.1) is 18.1 Å². The standard InChI is InChI=1S/C9H15NO/c1-2-9(11)8-5-3-4-7(8)6-10/h7-9,11H,2-5H2,1H3. The van der Waals surface area contributed by atoms with Crippen LogP contribution in [0.4, 0.5) is 0 Å². The molecule has 1 fully saturated rings. The van der Waals surface area contributed by atoms with Crippen LogP contribution in [0.1, 0.15) is 32.6 Å². The van der Waals surface area contributed by atoms with Gasteiger partial charge in [-0.1, -0.05) is 13.3 Å². The highest BCUT2D eigenvalue weighted by atomic mass is 16.3. The summed E-state index contributed by atoms with van der Waals surface area (Å²) in [6, 6.07) is 2.27. The van der Waals surface area contributed by atoms with Gasteiger partial charge in [0.25, 0.3) is 0 Å². The van der Waals surface area contributed by atoms with Gasteiger partial charge < -0.3 is 5.11 Å². The van der Waals surface area contributed by atoms with Gasteiger partial charge >= 0.3 is 0 Å². The lowest BCUT2D eigenvalue weighted by Gasteiger charge is -2.18. The van der Waals surface area contributed by atoms with Gasteiger partial charge in [-0.05, 0) is 19.3 Å². The number of hydrogen-bond donors (Lipinski definition) is 1. The normalized spacial score (nSPS) is 33.2. The molecule has 1 saturated carbocycles. The molecule has 1 aliphatic carbocycles. The molecule has 62 valence electrons. The van der Waals surface area contributed by atoms with Crippen molar-refractivity contribution in [3.8, 4) is 6.07 Å². The highest BCUT2D eigenvalue weighted by Gasteiger charge is 2.31. The van der Waals surface area contributed by atoms with Crippen molar-refractivity contribution in [1.82, 2.24) is 0 Å². The third-order valence-electron chi connectivity index (χ3n) is 2.65. The Bertz CT molecular complexity index is 161. The molecule has 0 radical (unpaired) electrons. The van der Waals surface area contributed by atoms with Crippen LogP contribution in [0.5, 0.6) is 0 Å². The summed E-state index contributed by atoms with van der Waals surface area (Å²) in [5, 5.41) is 18.2. The van der Waals surface area contributed by atoms with Crippen LogP contribution in [0, 0.1) is 23.2 Å². The van der Waals surface area contributed by atoms with E-state index in [1.807, 2.05) is 6.92 Å². The molecule has 0 aromatic rings. The number of aliphatic hydroxyl groups excluding tert-OH is 1. The van der Waals surface area contributed by atoms with Crippen molar-refractivity contribution in [1.29, 1.82) is 5.26 Å². The molecule has 11 heavy (non-hydrogen) atoms. The van der Waals surface area contributed by atoms with E-state index in [4.69, 9.17) is 5.26 Å². The monoisotopic (exact) mass is 153 g/mol. The lowest BCUT2D eigenvalue weighted by atomic mass is 9.90. The van der Waals surface area contributed by atoms with Crippen LogP contribution >= 0.6 is 0 Å². The first kappa shape index (κ1) is 8.55. The molecule has 1 N–H and O–H groups in total. The minimum atomic E-state index is -0.248. The molecule has 0 aromatic heterocycles. The van der Waals surface area contributed by atoms with Crippen molar-refractivity contribution in [2.24, 2.45) is 11.8 Å². The first-order valence-electron chi connectivity index (χ1n) is 4.37. The molecular formula is C9H15NO. The third-order valence-corrected chi connectivity index (χ3v) is 2.65. The fourth-order valence-electron chi connectivity index (χ4n) is 1.91. The van der Waals surface area contributed by atoms with E-state index in [0.29, 0.717) is 0 Å². The van der Waals surface area contributed by atoms with Crippen molar-refractivity contribution >= 4 is 0 Å². The second-order valence-electron chi connectivity index (χ2n) is 3.31. The summed E-state index contributed by atoms with van der Waals surface area (Å²) in [4.78, 5) is 0. The minimum absolute atomic E-state index is 0.116. The number of nitriles is 1. The Morgan fingerprint density at radius 2 is 2.36 bits per heavy atom. The smallest absolute Gasteiger partial charge is 0.0659 e. The molecule has 3 unspecified atom stereocenters. The summed E-state index contributed by atoms with van der Waals surface area (Å²) < 4.78 is 0. The predicted molar refractivity (Wildman–Crippen MR) is 42.7 cm³/mol. The van der Waals surface area contributed by atoms with Crippen LogP contribution in [0.3, 0.4) is 0 Å². The number of hydrogen-bond acceptors (Lipinski definition) is 2. The molecule has 0 amide bonds. The van der Waals surface area contributed by atoms with Crippen LogP contribution in [0.2, 0.25) is 0 Å². The predicted octanol–water partition coefficient (Wildman–Crippen LogP) is 1.70. The number of rotatable bonds is 2. The minimum Gasteiger partial charge on any atom is -0.393 e. The lowest BCUT2D eigenvalue weighted by molar-refractivity contribution is 0.0937. The van der Waals surface area contributed by atoms with Gasteiger partial charge in [-0.15, -0.1) is 0 Å². The molecule has 0 aliphatic heterocycles. The summed E-state index contributed by atoms with van der Waals surface area (Å²) in [6.45, 7) is 1.97. The maximum absolute atomic E-state index is 9.51. The van der Waals surface area contributed by atoms with Crippen LogP contribution in [-0.4, -0.2) is 11.2 Å². The van der Waals surface area contributed by atoms with E-state index >= 15 is 0 Å². The Kier molecular flexibility index (Phi) is 2.90. The van der Waals surface area contributed by atoms with Crippen molar-refractivity contribution in [3.63, 3.8) is 0 Å². The zero-order valence-corrected chi connectivity index (χ0v) is 6.95. The van der Waals surface area contributed by atoms with E-state index in [2.05, 4.69) is 6.07 Å². The van der Waals surface area contributed by atoms with Crippen molar-refractivity contribution in [3.05, 3.63) is 0 Å². The Morgan fingerprint density at radius 3 is 2.91 bits per heavy atom. The third kappa shape index (κ3) is 1.72. The molecule has 0 spiro atoms. The molecule has 1 aliphatic rings. The molecule has 0 saturated heterocycles. The van der Waals surface area contributed by atoms with E-state index in [1.54, 1.807) is 0 Å². The molecule has 2 heteroatoms. The Morgan fingerprint density at radius 1 is 1.64 bits per heavy atom. The Hall–Kier alpha value is -0.550. The lowest BCUT2D eigenvalue weighted by Crippen LogP contribution is -2.22. The van der Waals surface area contributed by atoms with E-state index in [-0.39, 0.29) is 17.9 Å². The fraction of sp³-hybridized carbons (Fsp3) is 0.889. The van der Waals surface area contributed by atoms with Gasteiger partial charge in [-0.2, -0.15) is 5.26 Å². The average molecular weight is 153 g/mol. The molecule has 3 atom stereocenters. The molecule has 0 aromatic carbocycles. The zero-order valence-electron chi connectivity index (χ0n) is 6.95. The van der Waals surface area contributed by atoms with Gasteiger partial charge in [0, 0.05) is 5.92 Å². The van der Waals surface area contributed by atoms with Crippen molar-refractivity contribution in [2.45, 2.75) is 38.7 Å². The molecule has 0 bridgehead atoms. The number of aliphatic hydroxyl groups is 1. The average Bonchev–Trinajstić information content (AvgIpc) is 2.50. The van der Waals surface area contributed by atoms with Gasteiger partial charge in [-0.25, -0.2) is 0 Å². The van der Waals surface area contributed by atoms with Gasteiger partial charge in [0.2, 0.25) is 0 Å². The van der Waals surface area contributed by atoms with E-state index in [9.17, 15) is 5.11 Å². The summed E-state index contributed by atoms with van der Waals surface area (Å²) in [5.41, 5.74) is 0. The number of nitrogens with zero attached hydrogens (tertiary/aromatic N) is 1. The Balaban J connectivity index is 2.51. The first-order valence-corrected chi connectivity index (χ1v) is 4.37. The maximum atomic E-state index is 9.51. The quantitative estimate of drug-likeness (QED) is 0.656. The first-order chi connectivity index (χ1) is 5.29. The zero-order chi connectivity index (χ0) is 8.27. The van der Waals surface area contributed by atoms with E-state index < -0.39 is 0 Å². The summed E-state index contributed by atoms with van der Waals surface area (Å²) >= 11 is 0. The molecular weight excluding hydrogens is 138 g/mol. The largest absolute Gasteiger partial charge is 0.393 e. The summed E-state index contributed by atoms with van der Waals surface area (Å²) in [6.07, 6.45) is 3.66. The molecule has 2 nitrogen and oxygen atoms in total. The van der Waals surface area contributed by atoms with Gasteiger partial charge in [-0.3, -0.25) is 0 Å². The van der Waals surface area contributed by atoms with Crippen LogP contribution < -0.4 is 0 Å². The summed E-state index contributed by atoms with van der Waals surface area (Å²) in [5.74, 6) is 0.370. The van der Waals surface area contributed by atoms with Crippen molar-refractivity contribution < 1.29 is 5.11 Å². The van der Waals surface area contributed by atoms with Gasteiger partial charge in [0.1, 0.15) is 0 Å². The summed E-state index contributed by atoms with van der Waals surface area (Å²) in [7, 11) is 0. The second kappa shape index (κ2) is 3.73. The molecule has 0 heterocycles.